The number of rotatable bonds is 3. The topological polar surface area (TPSA) is 75.7 Å². The van der Waals surface area contributed by atoms with Gasteiger partial charge in [-0.25, -0.2) is 9.59 Å². The smallest absolute Gasteiger partial charge is 0.339 e. The summed E-state index contributed by atoms with van der Waals surface area (Å²) in [6.45, 7) is 2.57. The summed E-state index contributed by atoms with van der Waals surface area (Å²) < 4.78 is 5.10. The van der Waals surface area contributed by atoms with E-state index in [1.54, 1.807) is 11.3 Å². The summed E-state index contributed by atoms with van der Waals surface area (Å²) in [4.78, 5) is 37.7. The van der Waals surface area contributed by atoms with Gasteiger partial charge in [0.15, 0.2) is 6.61 Å². The summed E-state index contributed by atoms with van der Waals surface area (Å²) in [5, 5.41) is 4.36. The number of hydrogen-bond acceptors (Lipinski definition) is 5. The molecule has 1 aromatic rings. The molecule has 2 heterocycles. The van der Waals surface area contributed by atoms with Gasteiger partial charge in [0.05, 0.1) is 5.56 Å². The minimum absolute atomic E-state index is 0.320. The van der Waals surface area contributed by atoms with Crippen molar-refractivity contribution in [3.63, 3.8) is 0 Å². The van der Waals surface area contributed by atoms with Crippen molar-refractivity contribution in [1.29, 1.82) is 0 Å². The second-order valence-corrected chi connectivity index (χ2v) is 6.72. The number of nitrogens with zero attached hydrogens (tertiary/aromatic N) is 1. The van der Waals surface area contributed by atoms with Crippen molar-refractivity contribution in [2.24, 2.45) is 5.92 Å². The second-order valence-electron chi connectivity index (χ2n) is 5.75. The normalized spacial score (nSPS) is 20.5. The van der Waals surface area contributed by atoms with Crippen LogP contribution >= 0.6 is 11.3 Å². The van der Waals surface area contributed by atoms with E-state index < -0.39 is 24.5 Å². The Morgan fingerprint density at radius 1 is 1.50 bits per heavy atom. The lowest BCUT2D eigenvalue weighted by atomic mass is 9.88. The van der Waals surface area contributed by atoms with Gasteiger partial charge in [0.25, 0.3) is 5.91 Å². The molecule has 7 heteroatoms. The van der Waals surface area contributed by atoms with E-state index in [1.165, 1.54) is 4.88 Å². The molecule has 1 atom stereocenters. The Bertz CT molecular complexity index is 625. The SMILES string of the molecule is CC1CCc2c(C(=O)OCC(=O)N3CCNC3=O)csc2C1. The fourth-order valence-corrected chi connectivity index (χ4v) is 4.07. The average molecular weight is 322 g/mol. The van der Waals surface area contributed by atoms with Crippen LogP contribution < -0.4 is 5.32 Å². The number of ether oxygens (including phenoxy) is 1. The van der Waals surface area contributed by atoms with Crippen molar-refractivity contribution in [1.82, 2.24) is 10.2 Å². The molecule has 0 spiro atoms. The van der Waals surface area contributed by atoms with Crippen LogP contribution in [0.3, 0.4) is 0 Å². The first kappa shape index (κ1) is 15.0. The molecule has 2 aliphatic rings. The molecule has 1 unspecified atom stereocenters. The van der Waals surface area contributed by atoms with Gasteiger partial charge in [0, 0.05) is 23.3 Å². The zero-order chi connectivity index (χ0) is 15.7. The second kappa shape index (κ2) is 6.08. The zero-order valence-electron chi connectivity index (χ0n) is 12.4. The third-order valence-electron chi connectivity index (χ3n) is 4.11. The maximum Gasteiger partial charge on any atom is 0.339 e. The van der Waals surface area contributed by atoms with Gasteiger partial charge in [-0.3, -0.25) is 9.69 Å². The summed E-state index contributed by atoms with van der Waals surface area (Å²) in [7, 11) is 0. The van der Waals surface area contributed by atoms with Gasteiger partial charge in [-0.1, -0.05) is 6.92 Å². The van der Waals surface area contributed by atoms with E-state index in [0.717, 1.165) is 29.7 Å². The maximum absolute atomic E-state index is 12.2. The van der Waals surface area contributed by atoms with Gasteiger partial charge in [-0.2, -0.15) is 0 Å². The molecule has 6 nitrogen and oxygen atoms in total. The van der Waals surface area contributed by atoms with E-state index in [1.807, 2.05) is 5.38 Å². The van der Waals surface area contributed by atoms with Gasteiger partial charge in [0.2, 0.25) is 0 Å². The lowest BCUT2D eigenvalue weighted by molar-refractivity contribution is -0.130. The highest BCUT2D eigenvalue weighted by molar-refractivity contribution is 7.10. The molecule has 1 N–H and O–H groups in total. The van der Waals surface area contributed by atoms with Crippen LogP contribution in [-0.4, -0.2) is 42.5 Å². The molecule has 3 amide bonds. The molecule has 1 saturated heterocycles. The number of thiophene rings is 1. The fraction of sp³-hybridized carbons (Fsp3) is 0.533. The van der Waals surface area contributed by atoms with Crippen LogP contribution in [0.4, 0.5) is 4.79 Å². The molecule has 118 valence electrons. The number of hydrogen-bond donors (Lipinski definition) is 1. The van der Waals surface area contributed by atoms with Crippen LogP contribution in [0.1, 0.15) is 34.1 Å². The first-order valence-corrected chi connectivity index (χ1v) is 8.28. The number of nitrogens with one attached hydrogen (secondary N) is 1. The Kier molecular flexibility index (Phi) is 4.15. The van der Waals surface area contributed by atoms with Crippen LogP contribution in [0.5, 0.6) is 0 Å². The maximum atomic E-state index is 12.2. The summed E-state index contributed by atoms with van der Waals surface area (Å²) in [6.07, 6.45) is 2.95. The van der Waals surface area contributed by atoms with E-state index in [4.69, 9.17) is 4.74 Å². The van der Waals surface area contributed by atoms with Gasteiger partial charge < -0.3 is 10.1 Å². The average Bonchev–Trinajstić information content (AvgIpc) is 3.10. The van der Waals surface area contributed by atoms with Gasteiger partial charge in [0.1, 0.15) is 0 Å². The van der Waals surface area contributed by atoms with Crippen molar-refractivity contribution < 1.29 is 19.1 Å². The van der Waals surface area contributed by atoms with Crippen LogP contribution in [0, 0.1) is 5.92 Å². The van der Waals surface area contributed by atoms with E-state index in [9.17, 15) is 14.4 Å². The molecule has 1 aliphatic heterocycles. The van der Waals surface area contributed by atoms with E-state index >= 15 is 0 Å². The third-order valence-corrected chi connectivity index (χ3v) is 5.16. The monoisotopic (exact) mass is 322 g/mol. The first-order valence-electron chi connectivity index (χ1n) is 7.41. The van der Waals surface area contributed by atoms with Gasteiger partial charge >= 0.3 is 12.0 Å². The summed E-state index contributed by atoms with van der Waals surface area (Å²) in [6, 6.07) is -0.428. The number of carbonyl (C=O) groups excluding carboxylic acids is 3. The number of fused-ring (bicyclic) bond motifs is 1. The predicted molar refractivity (Wildman–Crippen MR) is 80.9 cm³/mol. The molecule has 22 heavy (non-hydrogen) atoms. The largest absolute Gasteiger partial charge is 0.452 e. The number of esters is 1. The molecule has 0 aromatic carbocycles. The van der Waals surface area contributed by atoms with Crippen molar-refractivity contribution in [3.05, 3.63) is 21.4 Å². The highest BCUT2D eigenvalue weighted by Gasteiger charge is 2.28. The Labute approximate surface area is 132 Å². The van der Waals surface area contributed by atoms with Crippen LogP contribution in [0.25, 0.3) is 0 Å². The van der Waals surface area contributed by atoms with Crippen molar-refractivity contribution in [2.45, 2.75) is 26.2 Å². The quantitative estimate of drug-likeness (QED) is 0.857. The molecule has 0 saturated carbocycles. The molecular weight excluding hydrogens is 304 g/mol. The van der Waals surface area contributed by atoms with E-state index in [-0.39, 0.29) is 0 Å². The first-order chi connectivity index (χ1) is 10.6. The number of amides is 3. The minimum Gasteiger partial charge on any atom is -0.452 e. The fourth-order valence-electron chi connectivity index (χ4n) is 2.84. The number of imide groups is 1. The highest BCUT2D eigenvalue weighted by Crippen LogP contribution is 2.33. The molecular formula is C15H18N2O4S. The third kappa shape index (κ3) is 2.85. The molecule has 1 aliphatic carbocycles. The Hall–Kier alpha value is -1.89. The minimum atomic E-state index is -0.485. The Balaban J connectivity index is 1.61. The van der Waals surface area contributed by atoms with Crippen LogP contribution in [0.15, 0.2) is 5.38 Å². The highest BCUT2D eigenvalue weighted by atomic mass is 32.1. The van der Waals surface area contributed by atoms with Crippen LogP contribution in [0.2, 0.25) is 0 Å². The van der Waals surface area contributed by atoms with Gasteiger partial charge in [-0.05, 0) is 30.7 Å². The van der Waals surface area contributed by atoms with Crippen molar-refractivity contribution in [3.8, 4) is 0 Å². The zero-order valence-corrected chi connectivity index (χ0v) is 13.2. The standard InChI is InChI=1S/C15H18N2O4S/c1-9-2-3-10-11(8-22-12(10)6-9)14(19)21-7-13(18)17-5-4-16-15(17)20/h8-9H,2-7H2,1H3,(H,16,20). The lowest BCUT2D eigenvalue weighted by Gasteiger charge is -2.18. The van der Waals surface area contributed by atoms with Crippen molar-refractivity contribution in [2.75, 3.05) is 19.7 Å². The number of urea groups is 1. The Morgan fingerprint density at radius 3 is 3.05 bits per heavy atom. The van der Waals surface area contributed by atoms with Gasteiger partial charge in [-0.15, -0.1) is 11.3 Å². The summed E-state index contributed by atoms with van der Waals surface area (Å²) >= 11 is 1.58. The Morgan fingerprint density at radius 2 is 2.32 bits per heavy atom. The summed E-state index contributed by atoms with van der Waals surface area (Å²) in [5.74, 6) is -0.314. The molecule has 1 fully saturated rings. The van der Waals surface area contributed by atoms with Crippen molar-refractivity contribution >= 4 is 29.2 Å². The predicted octanol–water partition coefficient (Wildman–Crippen LogP) is 1.58. The van der Waals surface area contributed by atoms with E-state index in [0.29, 0.717) is 24.6 Å². The van der Waals surface area contributed by atoms with Crippen LogP contribution in [-0.2, 0) is 22.4 Å². The van der Waals surface area contributed by atoms with E-state index in [2.05, 4.69) is 12.2 Å². The summed E-state index contributed by atoms with van der Waals surface area (Å²) in [5.41, 5.74) is 1.64. The molecule has 0 radical (unpaired) electrons. The number of carbonyl (C=O) groups is 3. The molecule has 3 rings (SSSR count). The molecule has 0 bridgehead atoms. The molecule has 1 aromatic heterocycles. The lowest BCUT2D eigenvalue weighted by Crippen LogP contribution is -2.37.